The van der Waals surface area contributed by atoms with E-state index in [0.29, 0.717) is 26.1 Å². The zero-order valence-corrected chi connectivity index (χ0v) is 11.9. The van der Waals surface area contributed by atoms with Crippen LogP contribution in [0.1, 0.15) is 19.8 Å². The van der Waals surface area contributed by atoms with E-state index >= 15 is 0 Å². The van der Waals surface area contributed by atoms with Gasteiger partial charge in [-0.25, -0.2) is 4.79 Å². The molecule has 3 amide bonds. The van der Waals surface area contributed by atoms with Crippen LogP contribution in [0.2, 0.25) is 0 Å². The lowest BCUT2D eigenvalue weighted by molar-refractivity contribution is -0.137. The molecule has 20 heavy (non-hydrogen) atoms. The van der Waals surface area contributed by atoms with Crippen LogP contribution in [-0.4, -0.2) is 56.4 Å². The second-order valence-electron chi connectivity index (χ2n) is 4.44. The number of rotatable bonds is 10. The molecule has 4 N–H and O–H groups in total. The lowest BCUT2D eigenvalue weighted by Gasteiger charge is -2.12. The van der Waals surface area contributed by atoms with E-state index in [4.69, 9.17) is 9.84 Å². The summed E-state index contributed by atoms with van der Waals surface area (Å²) in [5.74, 6) is -1.09. The van der Waals surface area contributed by atoms with Crippen molar-refractivity contribution in [2.75, 3.05) is 33.4 Å². The van der Waals surface area contributed by atoms with Gasteiger partial charge in [0.05, 0.1) is 13.2 Å². The molecule has 1 unspecified atom stereocenters. The van der Waals surface area contributed by atoms with Crippen LogP contribution in [-0.2, 0) is 14.3 Å². The molecule has 0 saturated carbocycles. The molecule has 0 aliphatic heterocycles. The zero-order chi connectivity index (χ0) is 15.4. The summed E-state index contributed by atoms with van der Waals surface area (Å²) >= 11 is 0. The highest BCUT2D eigenvalue weighted by molar-refractivity contribution is 5.83. The summed E-state index contributed by atoms with van der Waals surface area (Å²) in [6.45, 7) is 2.91. The summed E-state index contributed by atoms with van der Waals surface area (Å²) in [5.41, 5.74) is 0. The molecule has 8 nitrogen and oxygen atoms in total. The van der Waals surface area contributed by atoms with Gasteiger partial charge in [-0.2, -0.15) is 0 Å². The minimum absolute atomic E-state index is 0.0624. The zero-order valence-electron chi connectivity index (χ0n) is 11.9. The highest BCUT2D eigenvalue weighted by Gasteiger charge is 2.08. The number of amides is 3. The van der Waals surface area contributed by atoms with Gasteiger partial charge in [-0.1, -0.05) is 6.92 Å². The standard InChI is InChI=1S/C12H23N3O5/c1-9(3-4-11(17)18)7-14-12(19)15-8-10(16)13-5-6-20-2/h9H,3-8H2,1-2H3,(H,13,16)(H,17,18)(H2,14,15,19). The van der Waals surface area contributed by atoms with E-state index in [2.05, 4.69) is 16.0 Å². The number of ether oxygens (including phenoxy) is 1. The lowest BCUT2D eigenvalue weighted by Crippen LogP contribution is -2.43. The molecule has 0 rings (SSSR count). The van der Waals surface area contributed by atoms with E-state index in [9.17, 15) is 14.4 Å². The van der Waals surface area contributed by atoms with Gasteiger partial charge in [-0.05, 0) is 12.3 Å². The van der Waals surface area contributed by atoms with Gasteiger partial charge in [0, 0.05) is 26.6 Å². The van der Waals surface area contributed by atoms with Crippen molar-refractivity contribution >= 4 is 17.9 Å². The van der Waals surface area contributed by atoms with Crippen LogP contribution in [0.5, 0.6) is 0 Å². The number of urea groups is 1. The smallest absolute Gasteiger partial charge is 0.315 e. The fraction of sp³-hybridized carbons (Fsp3) is 0.750. The summed E-state index contributed by atoms with van der Waals surface area (Å²) in [6, 6.07) is -0.450. The van der Waals surface area contributed by atoms with Crippen LogP contribution in [0.25, 0.3) is 0 Å². The van der Waals surface area contributed by atoms with Gasteiger partial charge in [0.25, 0.3) is 0 Å². The maximum Gasteiger partial charge on any atom is 0.315 e. The highest BCUT2D eigenvalue weighted by atomic mass is 16.5. The molecule has 0 heterocycles. The minimum atomic E-state index is -0.853. The number of carbonyl (C=O) groups excluding carboxylic acids is 2. The number of hydrogen-bond acceptors (Lipinski definition) is 4. The number of carboxylic acids is 1. The Labute approximate surface area is 118 Å². The Morgan fingerprint density at radius 3 is 2.50 bits per heavy atom. The first kappa shape index (κ1) is 18.2. The monoisotopic (exact) mass is 289 g/mol. The van der Waals surface area contributed by atoms with Crippen LogP contribution >= 0.6 is 0 Å². The third-order valence-electron chi connectivity index (χ3n) is 2.50. The Kier molecular flexibility index (Phi) is 10.0. The molecule has 0 aliphatic rings. The van der Waals surface area contributed by atoms with E-state index in [1.165, 1.54) is 7.11 Å². The normalized spacial score (nSPS) is 11.5. The van der Waals surface area contributed by atoms with Crippen LogP contribution in [0.3, 0.4) is 0 Å². The number of hydrogen-bond donors (Lipinski definition) is 4. The second-order valence-corrected chi connectivity index (χ2v) is 4.44. The maximum absolute atomic E-state index is 11.4. The van der Waals surface area contributed by atoms with E-state index in [1.807, 2.05) is 6.92 Å². The molecule has 1 atom stereocenters. The van der Waals surface area contributed by atoms with Gasteiger partial charge in [0.2, 0.25) is 5.91 Å². The van der Waals surface area contributed by atoms with E-state index < -0.39 is 12.0 Å². The van der Waals surface area contributed by atoms with Crippen molar-refractivity contribution in [2.45, 2.75) is 19.8 Å². The summed E-state index contributed by atoms with van der Waals surface area (Å²) in [4.78, 5) is 33.0. The molecule has 0 aromatic carbocycles. The Morgan fingerprint density at radius 1 is 1.20 bits per heavy atom. The Balaban J connectivity index is 3.62. The largest absolute Gasteiger partial charge is 0.481 e. The molecular weight excluding hydrogens is 266 g/mol. The summed E-state index contributed by atoms with van der Waals surface area (Å²) in [7, 11) is 1.53. The SMILES string of the molecule is COCCNC(=O)CNC(=O)NCC(C)CCC(=O)O. The first-order valence-corrected chi connectivity index (χ1v) is 6.44. The topological polar surface area (TPSA) is 117 Å². The van der Waals surface area contributed by atoms with Crippen molar-refractivity contribution in [3.05, 3.63) is 0 Å². The molecule has 8 heteroatoms. The van der Waals surface area contributed by atoms with Crippen LogP contribution in [0, 0.1) is 5.92 Å². The molecule has 0 saturated heterocycles. The molecule has 0 radical (unpaired) electrons. The van der Waals surface area contributed by atoms with Gasteiger partial charge in [-0.3, -0.25) is 9.59 Å². The van der Waals surface area contributed by atoms with Crippen molar-refractivity contribution < 1.29 is 24.2 Å². The first-order chi connectivity index (χ1) is 9.45. The van der Waals surface area contributed by atoms with E-state index in [1.54, 1.807) is 0 Å². The molecule has 0 aromatic rings. The summed E-state index contributed by atoms with van der Waals surface area (Å²) < 4.78 is 4.77. The van der Waals surface area contributed by atoms with Crippen molar-refractivity contribution in [3.63, 3.8) is 0 Å². The Bertz CT molecular complexity index is 322. The number of nitrogens with one attached hydrogen (secondary N) is 3. The minimum Gasteiger partial charge on any atom is -0.481 e. The number of aliphatic carboxylic acids is 1. The van der Waals surface area contributed by atoms with Gasteiger partial charge < -0.3 is 25.8 Å². The molecule has 0 spiro atoms. The average Bonchev–Trinajstić information content (AvgIpc) is 2.40. The van der Waals surface area contributed by atoms with Crippen LogP contribution in [0.4, 0.5) is 4.79 Å². The van der Waals surface area contributed by atoms with Crippen LogP contribution < -0.4 is 16.0 Å². The van der Waals surface area contributed by atoms with E-state index in [0.717, 1.165) is 0 Å². The van der Waals surface area contributed by atoms with Gasteiger partial charge in [-0.15, -0.1) is 0 Å². The molecule has 0 fully saturated rings. The average molecular weight is 289 g/mol. The van der Waals surface area contributed by atoms with Crippen molar-refractivity contribution in [3.8, 4) is 0 Å². The number of methoxy groups -OCH3 is 1. The van der Waals surface area contributed by atoms with Gasteiger partial charge in [0.15, 0.2) is 0 Å². The maximum atomic E-state index is 11.4. The van der Waals surface area contributed by atoms with Crippen molar-refractivity contribution in [2.24, 2.45) is 5.92 Å². The Hall–Kier alpha value is -1.83. The third-order valence-corrected chi connectivity index (χ3v) is 2.50. The predicted octanol–water partition coefficient (Wildman–Crippen LogP) is -0.451. The number of carbonyl (C=O) groups is 3. The first-order valence-electron chi connectivity index (χ1n) is 6.44. The fourth-order valence-corrected chi connectivity index (χ4v) is 1.32. The van der Waals surface area contributed by atoms with Gasteiger partial charge in [0.1, 0.15) is 0 Å². The summed E-state index contributed by atoms with van der Waals surface area (Å²) in [6.07, 6.45) is 0.569. The van der Waals surface area contributed by atoms with Crippen molar-refractivity contribution in [1.29, 1.82) is 0 Å². The van der Waals surface area contributed by atoms with E-state index in [-0.39, 0.29) is 24.8 Å². The molecule has 0 aliphatic carbocycles. The molecule has 0 bridgehead atoms. The molecule has 0 aromatic heterocycles. The van der Waals surface area contributed by atoms with Crippen molar-refractivity contribution in [1.82, 2.24) is 16.0 Å². The second kappa shape index (κ2) is 11.0. The molecule has 116 valence electrons. The van der Waals surface area contributed by atoms with Gasteiger partial charge >= 0.3 is 12.0 Å². The molecular formula is C12H23N3O5. The lowest BCUT2D eigenvalue weighted by atomic mass is 10.1. The third kappa shape index (κ3) is 11.3. The Morgan fingerprint density at radius 2 is 1.90 bits per heavy atom. The fourth-order valence-electron chi connectivity index (χ4n) is 1.32. The highest BCUT2D eigenvalue weighted by Crippen LogP contribution is 2.03. The quantitative estimate of drug-likeness (QED) is 0.406. The predicted molar refractivity (Wildman–Crippen MR) is 72.3 cm³/mol. The number of carboxylic acid groups (broad SMARTS) is 1. The summed E-state index contributed by atoms with van der Waals surface area (Å²) in [5, 5.41) is 16.1. The van der Waals surface area contributed by atoms with Crippen LogP contribution in [0.15, 0.2) is 0 Å².